The van der Waals surface area contributed by atoms with Crippen LogP contribution in [0.2, 0.25) is 0 Å². The van der Waals surface area contributed by atoms with Crippen molar-refractivity contribution in [1.82, 2.24) is 4.72 Å². The van der Waals surface area contributed by atoms with Crippen LogP contribution in [0.15, 0.2) is 51.8 Å². The summed E-state index contributed by atoms with van der Waals surface area (Å²) in [6, 6.07) is 10.7. The second-order valence-corrected chi connectivity index (χ2v) is 7.15. The average molecular weight is 371 g/mol. The molecule has 0 aromatic heterocycles. The Morgan fingerprint density at radius 2 is 1.90 bits per heavy atom. The lowest BCUT2D eigenvalue weighted by Gasteiger charge is -2.16. The van der Waals surface area contributed by atoms with Gasteiger partial charge in [0.25, 0.3) is 0 Å². The number of aromatic hydroxyl groups is 1. The highest BCUT2D eigenvalue weighted by atomic mass is 79.9. The molecule has 2 rings (SSSR count). The van der Waals surface area contributed by atoms with Gasteiger partial charge in [-0.2, -0.15) is 0 Å². The lowest BCUT2D eigenvalue weighted by molar-refractivity contribution is 0.477. The third-order valence-corrected chi connectivity index (χ3v) is 5.27. The van der Waals surface area contributed by atoms with Gasteiger partial charge in [-0.1, -0.05) is 34.1 Å². The van der Waals surface area contributed by atoms with Crippen molar-refractivity contribution >= 4 is 31.6 Å². The minimum absolute atomic E-state index is 0.0108. The number of anilines is 1. The van der Waals surface area contributed by atoms with E-state index in [1.165, 1.54) is 18.2 Å². The van der Waals surface area contributed by atoms with Gasteiger partial charge in [-0.05, 0) is 36.8 Å². The Hall–Kier alpha value is -1.57. The van der Waals surface area contributed by atoms with E-state index in [4.69, 9.17) is 5.73 Å². The molecule has 112 valence electrons. The number of benzene rings is 2. The molecule has 7 heteroatoms. The molecule has 0 radical (unpaired) electrons. The van der Waals surface area contributed by atoms with Gasteiger partial charge in [-0.3, -0.25) is 0 Å². The van der Waals surface area contributed by atoms with Crippen molar-refractivity contribution in [2.24, 2.45) is 0 Å². The first-order valence-electron chi connectivity index (χ1n) is 6.16. The number of hydrogen-bond donors (Lipinski definition) is 3. The summed E-state index contributed by atoms with van der Waals surface area (Å²) in [6.45, 7) is 1.75. The minimum atomic E-state index is -3.73. The fourth-order valence-corrected chi connectivity index (χ4v) is 3.78. The number of nitrogen functional groups attached to an aromatic ring is 1. The van der Waals surface area contributed by atoms with Gasteiger partial charge in [0.1, 0.15) is 5.75 Å². The summed E-state index contributed by atoms with van der Waals surface area (Å²) in [7, 11) is -3.73. The summed E-state index contributed by atoms with van der Waals surface area (Å²) in [5.74, 6) is -0.146. The largest absolute Gasteiger partial charge is 0.506 e. The van der Waals surface area contributed by atoms with Gasteiger partial charge in [0.05, 0.1) is 10.6 Å². The molecule has 1 atom stereocenters. The maximum atomic E-state index is 12.3. The molecule has 0 aliphatic heterocycles. The van der Waals surface area contributed by atoms with Gasteiger partial charge in [-0.15, -0.1) is 0 Å². The van der Waals surface area contributed by atoms with E-state index < -0.39 is 16.1 Å². The Balaban J connectivity index is 2.29. The van der Waals surface area contributed by atoms with E-state index in [9.17, 15) is 13.5 Å². The predicted molar refractivity (Wildman–Crippen MR) is 85.4 cm³/mol. The van der Waals surface area contributed by atoms with Crippen LogP contribution in [0.4, 0.5) is 5.69 Å². The highest BCUT2D eigenvalue weighted by Gasteiger charge is 2.20. The van der Waals surface area contributed by atoms with Crippen molar-refractivity contribution in [1.29, 1.82) is 0 Å². The molecule has 0 fully saturated rings. The molecule has 2 aromatic carbocycles. The molecule has 0 saturated carbocycles. The SMILES string of the molecule is CC(NS(=O)(=O)c1ccc(O)c(N)c1)c1ccccc1Br. The summed E-state index contributed by atoms with van der Waals surface area (Å²) in [6.07, 6.45) is 0. The van der Waals surface area contributed by atoms with E-state index >= 15 is 0 Å². The fraction of sp³-hybridized carbons (Fsp3) is 0.143. The minimum Gasteiger partial charge on any atom is -0.506 e. The molecule has 0 aliphatic carbocycles. The highest BCUT2D eigenvalue weighted by Crippen LogP contribution is 2.26. The molecule has 2 aromatic rings. The molecule has 0 aliphatic rings. The number of sulfonamides is 1. The molecule has 1 unspecified atom stereocenters. The lowest BCUT2D eigenvalue weighted by Crippen LogP contribution is -2.27. The van der Waals surface area contributed by atoms with Crippen LogP contribution < -0.4 is 10.5 Å². The van der Waals surface area contributed by atoms with Crippen molar-refractivity contribution in [2.75, 3.05) is 5.73 Å². The third-order valence-electron chi connectivity index (χ3n) is 3.01. The summed E-state index contributed by atoms with van der Waals surface area (Å²) < 4.78 is 28.1. The van der Waals surface area contributed by atoms with Crippen LogP contribution in [0.1, 0.15) is 18.5 Å². The maximum absolute atomic E-state index is 12.3. The van der Waals surface area contributed by atoms with E-state index in [0.29, 0.717) is 0 Å². The van der Waals surface area contributed by atoms with Crippen LogP contribution in [-0.4, -0.2) is 13.5 Å². The second-order valence-electron chi connectivity index (χ2n) is 4.59. The maximum Gasteiger partial charge on any atom is 0.241 e. The van der Waals surface area contributed by atoms with E-state index in [0.717, 1.165) is 10.0 Å². The van der Waals surface area contributed by atoms with Gasteiger partial charge in [0.2, 0.25) is 10.0 Å². The third kappa shape index (κ3) is 3.55. The first-order valence-corrected chi connectivity index (χ1v) is 8.44. The Labute approximate surface area is 132 Å². The van der Waals surface area contributed by atoms with E-state index in [2.05, 4.69) is 20.7 Å². The van der Waals surface area contributed by atoms with Crippen molar-refractivity contribution in [3.05, 3.63) is 52.5 Å². The normalized spacial score (nSPS) is 13.0. The van der Waals surface area contributed by atoms with E-state index in [1.807, 2.05) is 24.3 Å². The second kappa shape index (κ2) is 6.05. The zero-order valence-corrected chi connectivity index (χ0v) is 13.6. The van der Waals surface area contributed by atoms with Gasteiger partial charge in [0, 0.05) is 10.5 Å². The molecule has 5 nitrogen and oxygen atoms in total. The topological polar surface area (TPSA) is 92.4 Å². The fourth-order valence-electron chi connectivity index (χ4n) is 1.89. The van der Waals surface area contributed by atoms with Gasteiger partial charge in [-0.25, -0.2) is 13.1 Å². The van der Waals surface area contributed by atoms with E-state index in [1.54, 1.807) is 6.92 Å². The highest BCUT2D eigenvalue weighted by molar-refractivity contribution is 9.10. The lowest BCUT2D eigenvalue weighted by atomic mass is 10.1. The summed E-state index contributed by atoms with van der Waals surface area (Å²) in [5, 5.41) is 9.36. The Kier molecular flexibility index (Phi) is 4.55. The monoisotopic (exact) mass is 370 g/mol. The smallest absolute Gasteiger partial charge is 0.241 e. The number of rotatable bonds is 4. The standard InChI is InChI=1S/C14H15BrN2O3S/c1-9(11-4-2-3-5-12(11)15)17-21(19,20)10-6-7-14(18)13(16)8-10/h2-9,17-18H,16H2,1H3. The summed E-state index contributed by atoms with van der Waals surface area (Å²) in [5.41, 5.74) is 6.38. The van der Waals surface area contributed by atoms with Crippen LogP contribution in [0.3, 0.4) is 0 Å². The van der Waals surface area contributed by atoms with Crippen LogP contribution >= 0.6 is 15.9 Å². The van der Waals surface area contributed by atoms with Gasteiger partial charge >= 0.3 is 0 Å². The molecule has 0 amide bonds. The van der Waals surface area contributed by atoms with Crippen molar-refractivity contribution in [3.63, 3.8) is 0 Å². The van der Waals surface area contributed by atoms with Crippen molar-refractivity contribution in [3.8, 4) is 5.75 Å². The van der Waals surface area contributed by atoms with Crippen LogP contribution in [-0.2, 0) is 10.0 Å². The first-order chi connectivity index (χ1) is 9.81. The molecular formula is C14H15BrN2O3S. The molecule has 0 spiro atoms. The number of phenolic OH excluding ortho intramolecular Hbond substituents is 1. The van der Waals surface area contributed by atoms with Gasteiger partial charge in [0.15, 0.2) is 0 Å². The molecule has 0 bridgehead atoms. The van der Waals surface area contributed by atoms with E-state index in [-0.39, 0.29) is 16.3 Å². The Morgan fingerprint density at radius 3 is 2.52 bits per heavy atom. The van der Waals surface area contributed by atoms with Crippen LogP contribution in [0.5, 0.6) is 5.75 Å². The average Bonchev–Trinajstić information content (AvgIpc) is 2.41. The molecule has 4 N–H and O–H groups in total. The molecular weight excluding hydrogens is 356 g/mol. The summed E-state index contributed by atoms with van der Waals surface area (Å²) >= 11 is 3.39. The summed E-state index contributed by atoms with van der Waals surface area (Å²) in [4.78, 5) is 0.0108. The molecule has 21 heavy (non-hydrogen) atoms. The zero-order chi connectivity index (χ0) is 15.6. The van der Waals surface area contributed by atoms with Gasteiger partial charge < -0.3 is 10.8 Å². The Morgan fingerprint density at radius 1 is 1.24 bits per heavy atom. The Bertz CT molecular complexity index is 763. The number of nitrogens with one attached hydrogen (secondary N) is 1. The van der Waals surface area contributed by atoms with Crippen LogP contribution in [0, 0.1) is 0 Å². The number of nitrogens with two attached hydrogens (primary N) is 1. The first kappa shape index (κ1) is 15.8. The predicted octanol–water partition coefficient (Wildman–Crippen LogP) is 2.78. The number of hydrogen-bond acceptors (Lipinski definition) is 4. The van der Waals surface area contributed by atoms with Crippen LogP contribution in [0.25, 0.3) is 0 Å². The molecule has 0 heterocycles. The number of phenols is 1. The van der Waals surface area contributed by atoms with Crippen molar-refractivity contribution < 1.29 is 13.5 Å². The quantitative estimate of drug-likeness (QED) is 0.569. The zero-order valence-electron chi connectivity index (χ0n) is 11.2. The number of halogens is 1. The van der Waals surface area contributed by atoms with Crippen molar-refractivity contribution in [2.45, 2.75) is 17.9 Å². The molecule has 0 saturated heterocycles.